The van der Waals surface area contributed by atoms with E-state index in [0.29, 0.717) is 91.9 Å². The van der Waals surface area contributed by atoms with Gasteiger partial charge in [0.15, 0.2) is 0 Å². The Hall–Kier alpha value is -3.48. The molecule has 1 aromatic carbocycles. The summed E-state index contributed by atoms with van der Waals surface area (Å²) in [5.41, 5.74) is 1.95. The zero-order valence-electron chi connectivity index (χ0n) is 26.0. The number of nitrogens with zero attached hydrogens (tertiary/aromatic N) is 3. The first-order valence-corrected chi connectivity index (χ1v) is 16.3. The van der Waals surface area contributed by atoms with Gasteiger partial charge in [0, 0.05) is 62.3 Å². The first kappa shape index (κ1) is 35.4. The number of dihydropyridines is 1. The van der Waals surface area contributed by atoms with Crippen molar-refractivity contribution in [3.8, 4) is 5.40 Å². The number of rotatable bonds is 8. The smallest absolute Gasteiger partial charge is 0.351 e. The van der Waals surface area contributed by atoms with E-state index in [1.54, 1.807) is 18.2 Å². The molecule has 2 unspecified atom stereocenters. The lowest BCUT2D eigenvalue weighted by molar-refractivity contribution is -0.133. The van der Waals surface area contributed by atoms with Crippen LogP contribution in [0.25, 0.3) is 0 Å². The van der Waals surface area contributed by atoms with E-state index in [1.807, 2.05) is 36.4 Å². The van der Waals surface area contributed by atoms with Gasteiger partial charge in [0.05, 0.1) is 58.4 Å². The van der Waals surface area contributed by atoms with Gasteiger partial charge in [-0.3, -0.25) is 14.6 Å². The van der Waals surface area contributed by atoms with Crippen LogP contribution in [0.2, 0.25) is 0 Å². The molecule has 0 aliphatic carbocycles. The fourth-order valence-electron chi connectivity index (χ4n) is 5.13. The zero-order chi connectivity index (χ0) is 32.4. The molecule has 0 saturated carbocycles. The molecule has 4 rings (SSSR count). The number of H-pyrrole nitrogens is 1. The predicted molar refractivity (Wildman–Crippen MR) is 174 cm³/mol. The van der Waals surface area contributed by atoms with Crippen LogP contribution in [-0.4, -0.2) is 117 Å². The van der Waals surface area contributed by atoms with Crippen LogP contribution in [0.3, 0.4) is 0 Å². The van der Waals surface area contributed by atoms with Crippen molar-refractivity contribution in [1.82, 2.24) is 20.1 Å². The number of ether oxygens (including phenoxy) is 4. The van der Waals surface area contributed by atoms with Gasteiger partial charge in [-0.1, -0.05) is 30.4 Å². The third-order valence-electron chi connectivity index (χ3n) is 7.50. The molecule has 0 radical (unpaired) electrons. The molecule has 2 atom stereocenters. The van der Waals surface area contributed by atoms with Crippen LogP contribution in [0.15, 0.2) is 76.1 Å². The maximum absolute atomic E-state index is 11.9. The molecule has 2 aliphatic heterocycles. The topological polar surface area (TPSA) is 149 Å². The number of aromatic nitrogens is 1. The third kappa shape index (κ3) is 13.1. The van der Waals surface area contributed by atoms with E-state index in [1.165, 1.54) is 6.07 Å². The lowest BCUT2D eigenvalue weighted by Gasteiger charge is -2.29. The SMILES string of the molecule is N#CSc1ccc(CC2COCCN(CC3C=CC=C(C(=O)O)N3)CCOCCOCCN(Cc3cccc(=O)[nH]3)CCO2)cc1. The second-order valence-corrected chi connectivity index (χ2v) is 11.8. The third-order valence-corrected chi connectivity index (χ3v) is 8.10. The van der Waals surface area contributed by atoms with E-state index in [-0.39, 0.29) is 23.4 Å². The number of hydrogen-bond acceptors (Lipinski definition) is 11. The van der Waals surface area contributed by atoms with E-state index >= 15 is 0 Å². The standard InChI is InChI=1S/C33H43N5O7S/c34-25-46-30-9-7-26(8-10-30)21-29-24-44-17-13-37(22-27-3-1-5-31(35-27)33(40)41)11-15-42-19-20-43-16-12-38(14-18-45-29)23-28-4-2-6-32(39)36-28/h1-10,27,29,35H,11-24H2,(H,36,39)(H,40,41). The van der Waals surface area contributed by atoms with Crippen LogP contribution in [-0.2, 0) is 36.7 Å². The minimum Gasteiger partial charge on any atom is -0.477 e. The Balaban J connectivity index is 1.39. The lowest BCUT2D eigenvalue weighted by Crippen LogP contribution is -2.44. The minimum absolute atomic E-state index is 0.133. The highest BCUT2D eigenvalue weighted by atomic mass is 32.2. The van der Waals surface area contributed by atoms with Crippen LogP contribution < -0.4 is 10.9 Å². The second-order valence-electron chi connectivity index (χ2n) is 11.0. The average molecular weight is 654 g/mol. The van der Waals surface area contributed by atoms with Gasteiger partial charge in [0.1, 0.15) is 11.1 Å². The van der Waals surface area contributed by atoms with Crippen LogP contribution in [0.5, 0.6) is 0 Å². The summed E-state index contributed by atoms with van der Waals surface area (Å²) in [4.78, 5) is 31.5. The molecule has 1 saturated heterocycles. The molecule has 0 amide bonds. The number of nitriles is 1. The molecule has 12 nitrogen and oxygen atoms in total. The van der Waals surface area contributed by atoms with Gasteiger partial charge in [-0.25, -0.2) is 4.79 Å². The largest absolute Gasteiger partial charge is 0.477 e. The molecule has 2 aromatic rings. The van der Waals surface area contributed by atoms with Crippen molar-refractivity contribution in [2.24, 2.45) is 0 Å². The number of aromatic amines is 1. The van der Waals surface area contributed by atoms with Crippen LogP contribution in [0.4, 0.5) is 0 Å². The molecular weight excluding hydrogens is 610 g/mol. The van der Waals surface area contributed by atoms with Gasteiger partial charge in [-0.2, -0.15) is 5.26 Å². The normalized spacial score (nSPS) is 21.7. The van der Waals surface area contributed by atoms with E-state index in [9.17, 15) is 14.7 Å². The summed E-state index contributed by atoms with van der Waals surface area (Å²) in [6.07, 6.45) is 5.72. The number of thiocyanates is 1. The van der Waals surface area contributed by atoms with E-state index in [0.717, 1.165) is 27.9 Å². The molecule has 0 bridgehead atoms. The van der Waals surface area contributed by atoms with Crippen molar-refractivity contribution in [3.05, 3.63) is 88.0 Å². The Morgan fingerprint density at radius 3 is 2.39 bits per heavy atom. The van der Waals surface area contributed by atoms with Crippen molar-refractivity contribution in [1.29, 1.82) is 5.26 Å². The number of allylic oxidation sites excluding steroid dienone is 2. The Morgan fingerprint density at radius 1 is 0.957 bits per heavy atom. The van der Waals surface area contributed by atoms with Crippen molar-refractivity contribution in [2.75, 3.05) is 79.0 Å². The molecule has 2 aliphatic rings. The number of hydrogen-bond donors (Lipinski definition) is 3. The number of carboxylic acid groups (broad SMARTS) is 1. The zero-order valence-corrected chi connectivity index (χ0v) is 26.8. The highest BCUT2D eigenvalue weighted by Gasteiger charge is 2.19. The number of thioether (sulfide) groups is 1. The number of aliphatic carboxylic acids is 1. The molecule has 0 spiro atoms. The molecule has 13 heteroatoms. The highest BCUT2D eigenvalue weighted by molar-refractivity contribution is 8.03. The summed E-state index contributed by atoms with van der Waals surface area (Å²) in [7, 11) is 0. The molecule has 46 heavy (non-hydrogen) atoms. The minimum atomic E-state index is -0.983. The van der Waals surface area contributed by atoms with Gasteiger partial charge in [-0.05, 0) is 41.6 Å². The van der Waals surface area contributed by atoms with Crippen molar-refractivity contribution < 1.29 is 28.8 Å². The van der Waals surface area contributed by atoms with Crippen molar-refractivity contribution in [3.63, 3.8) is 0 Å². The van der Waals surface area contributed by atoms with Gasteiger partial charge in [0.25, 0.3) is 0 Å². The summed E-state index contributed by atoms with van der Waals surface area (Å²) in [6, 6.07) is 12.9. The number of benzene rings is 1. The summed E-state index contributed by atoms with van der Waals surface area (Å²) in [5, 5.41) is 23.5. The van der Waals surface area contributed by atoms with Gasteiger partial charge < -0.3 is 34.4 Å². The predicted octanol–water partition coefficient (Wildman–Crippen LogP) is 2.24. The first-order chi connectivity index (χ1) is 22.5. The summed E-state index contributed by atoms with van der Waals surface area (Å²) >= 11 is 1.13. The van der Waals surface area contributed by atoms with E-state index < -0.39 is 5.97 Å². The molecule has 248 valence electrons. The highest BCUT2D eigenvalue weighted by Crippen LogP contribution is 2.18. The summed E-state index contributed by atoms with van der Waals surface area (Å²) in [6.45, 7) is 6.97. The van der Waals surface area contributed by atoms with Crippen LogP contribution >= 0.6 is 11.8 Å². The fourth-order valence-corrected chi connectivity index (χ4v) is 5.51. The Kier molecular flexibility index (Phi) is 15.3. The summed E-state index contributed by atoms with van der Waals surface area (Å²) in [5.74, 6) is -0.983. The van der Waals surface area contributed by atoms with E-state index in [2.05, 4.69) is 25.5 Å². The molecular formula is C33H43N5O7S. The molecule has 1 aromatic heterocycles. The Labute approximate surface area is 274 Å². The average Bonchev–Trinajstić information content (AvgIpc) is 3.04. The number of nitrogens with one attached hydrogen (secondary N) is 2. The van der Waals surface area contributed by atoms with E-state index in [4.69, 9.17) is 24.2 Å². The Bertz CT molecular complexity index is 1380. The molecule has 3 N–H and O–H groups in total. The van der Waals surface area contributed by atoms with Crippen LogP contribution in [0, 0.1) is 10.7 Å². The van der Waals surface area contributed by atoms with Crippen LogP contribution in [0.1, 0.15) is 11.3 Å². The molecule has 1 fully saturated rings. The van der Waals surface area contributed by atoms with Crippen molar-refractivity contribution in [2.45, 2.75) is 30.0 Å². The van der Waals surface area contributed by atoms with Gasteiger partial charge >= 0.3 is 5.97 Å². The number of carbonyl (C=O) groups is 1. The second kappa shape index (κ2) is 19.9. The first-order valence-electron chi connectivity index (χ1n) is 15.5. The quantitative estimate of drug-likeness (QED) is 0.283. The monoisotopic (exact) mass is 653 g/mol. The maximum atomic E-state index is 11.9. The van der Waals surface area contributed by atoms with Gasteiger partial charge in [-0.15, -0.1) is 0 Å². The summed E-state index contributed by atoms with van der Waals surface area (Å²) < 4.78 is 24.3. The van der Waals surface area contributed by atoms with Crippen molar-refractivity contribution >= 4 is 17.7 Å². The fraction of sp³-hybridized carbons (Fsp3) is 0.485. The number of pyridine rings is 1. The lowest BCUT2D eigenvalue weighted by atomic mass is 10.1. The maximum Gasteiger partial charge on any atom is 0.351 e. The van der Waals surface area contributed by atoms with Gasteiger partial charge in [0.2, 0.25) is 5.56 Å². The Morgan fingerprint density at radius 2 is 1.67 bits per heavy atom. The number of carboxylic acids is 1. The molecule has 3 heterocycles.